The van der Waals surface area contributed by atoms with Gasteiger partial charge < -0.3 is 4.79 Å². The molecule has 27 heavy (non-hydrogen) atoms. The van der Waals surface area contributed by atoms with Crippen LogP contribution in [0, 0.1) is 10.1 Å². The number of Topliss-reactive ketones (excluding diaryl/α,β-unsaturated/α-hetero) is 2. The fourth-order valence-electron chi connectivity index (χ4n) is 3.19. The third-order valence-corrected chi connectivity index (χ3v) is 4.81. The zero-order valence-corrected chi connectivity index (χ0v) is 16.6. The number of hydrogen-bond acceptors (Lipinski definition) is 4. The first-order valence-electron chi connectivity index (χ1n) is 10.3. The monoisotopic (exact) mass is 375 g/mol. The second kappa shape index (κ2) is 14.1. The third-order valence-electron chi connectivity index (χ3n) is 4.81. The Morgan fingerprint density at radius 1 is 0.815 bits per heavy atom. The minimum absolute atomic E-state index is 0.0107. The van der Waals surface area contributed by atoms with Crippen LogP contribution in [0.25, 0.3) is 0 Å². The molecule has 0 aromatic heterocycles. The number of nitrogens with zero attached hydrogens (tertiary/aromatic N) is 1. The molecule has 0 heterocycles. The van der Waals surface area contributed by atoms with Crippen molar-refractivity contribution in [2.45, 2.75) is 90.4 Å². The Morgan fingerprint density at radius 2 is 1.30 bits per heavy atom. The maximum Gasteiger partial charge on any atom is 0.270 e. The van der Waals surface area contributed by atoms with Gasteiger partial charge in [0, 0.05) is 30.5 Å². The van der Waals surface area contributed by atoms with Crippen molar-refractivity contribution in [1.29, 1.82) is 0 Å². The van der Waals surface area contributed by atoms with E-state index in [0.29, 0.717) is 17.8 Å². The molecule has 0 saturated carbocycles. The zero-order valence-electron chi connectivity index (χ0n) is 16.6. The van der Waals surface area contributed by atoms with Gasteiger partial charge in [-0.25, -0.2) is 0 Å². The topological polar surface area (TPSA) is 77.3 Å². The van der Waals surface area contributed by atoms with Crippen LogP contribution in [0.15, 0.2) is 24.3 Å². The molecule has 0 aliphatic carbocycles. The molecule has 0 spiro atoms. The van der Waals surface area contributed by atoms with E-state index in [2.05, 4.69) is 0 Å². The van der Waals surface area contributed by atoms with Gasteiger partial charge in [-0.1, -0.05) is 69.9 Å². The molecule has 0 amide bonds. The SMILES string of the molecule is CC(=O)CCCCCCCCCCCCCC(=O)c1cccc([N+](=O)[O-])c1. The molecule has 5 nitrogen and oxygen atoms in total. The highest BCUT2D eigenvalue weighted by atomic mass is 16.6. The summed E-state index contributed by atoms with van der Waals surface area (Å²) in [5.74, 6) is 0.283. The van der Waals surface area contributed by atoms with Gasteiger partial charge in [0.2, 0.25) is 0 Å². The lowest BCUT2D eigenvalue weighted by Crippen LogP contribution is -2.00. The van der Waals surface area contributed by atoms with Gasteiger partial charge in [-0.15, -0.1) is 0 Å². The van der Waals surface area contributed by atoms with E-state index < -0.39 is 4.92 Å². The van der Waals surface area contributed by atoms with Crippen LogP contribution in [0.4, 0.5) is 5.69 Å². The summed E-state index contributed by atoms with van der Waals surface area (Å²) in [4.78, 5) is 33.2. The first kappa shape index (κ1) is 23.0. The molecule has 1 aromatic carbocycles. The molecule has 150 valence electrons. The van der Waals surface area contributed by atoms with Crippen LogP contribution >= 0.6 is 0 Å². The number of ketones is 2. The van der Waals surface area contributed by atoms with Crippen molar-refractivity contribution < 1.29 is 14.5 Å². The molecule has 1 aromatic rings. The molecule has 0 unspecified atom stereocenters. The average molecular weight is 376 g/mol. The Morgan fingerprint density at radius 3 is 1.78 bits per heavy atom. The van der Waals surface area contributed by atoms with E-state index in [-0.39, 0.29) is 11.5 Å². The number of hydrogen-bond donors (Lipinski definition) is 0. The van der Waals surface area contributed by atoms with Gasteiger partial charge in [-0.05, 0) is 19.8 Å². The van der Waals surface area contributed by atoms with Gasteiger partial charge >= 0.3 is 0 Å². The molecule has 5 heteroatoms. The summed E-state index contributed by atoms with van der Waals surface area (Å²) >= 11 is 0. The third kappa shape index (κ3) is 11.3. The van der Waals surface area contributed by atoms with Crippen molar-refractivity contribution >= 4 is 17.3 Å². The molecule has 0 aliphatic rings. The van der Waals surface area contributed by atoms with Gasteiger partial charge in [-0.2, -0.15) is 0 Å². The van der Waals surface area contributed by atoms with Crippen LogP contribution in [0.3, 0.4) is 0 Å². The van der Waals surface area contributed by atoms with E-state index in [1.807, 2.05) is 0 Å². The van der Waals surface area contributed by atoms with Crippen molar-refractivity contribution in [3.8, 4) is 0 Å². The molecule has 0 N–H and O–H groups in total. The number of carbonyl (C=O) groups is 2. The Balaban J connectivity index is 1.97. The minimum atomic E-state index is -0.469. The van der Waals surface area contributed by atoms with Crippen LogP contribution in [-0.2, 0) is 4.79 Å². The fraction of sp³-hybridized carbons (Fsp3) is 0.636. The Labute approximate surface area is 162 Å². The number of nitro benzene ring substituents is 1. The molecule has 0 aliphatic heterocycles. The number of non-ortho nitro benzene ring substituents is 1. The standard InChI is InChI=1S/C22H33NO4/c1-19(24)14-11-9-7-5-3-2-4-6-8-10-12-17-22(25)20-15-13-16-21(18-20)23(26)27/h13,15-16,18H,2-12,14,17H2,1H3. The molecule has 0 saturated heterocycles. The van der Waals surface area contributed by atoms with Gasteiger partial charge in [0.1, 0.15) is 5.78 Å². The highest BCUT2D eigenvalue weighted by Crippen LogP contribution is 2.17. The molecule has 0 radical (unpaired) electrons. The lowest BCUT2D eigenvalue weighted by molar-refractivity contribution is -0.384. The summed E-state index contributed by atoms with van der Waals surface area (Å²) in [6, 6.07) is 5.98. The summed E-state index contributed by atoms with van der Waals surface area (Å²) < 4.78 is 0. The molecular formula is C22H33NO4. The van der Waals surface area contributed by atoms with Crippen LogP contribution in [0.1, 0.15) is 101 Å². The first-order valence-corrected chi connectivity index (χ1v) is 10.3. The maximum atomic E-state index is 12.1. The van der Waals surface area contributed by atoms with Gasteiger partial charge in [0.15, 0.2) is 5.78 Å². The predicted molar refractivity (Wildman–Crippen MR) is 108 cm³/mol. The fourth-order valence-corrected chi connectivity index (χ4v) is 3.19. The quantitative estimate of drug-likeness (QED) is 0.144. The Hall–Kier alpha value is -2.04. The first-order chi connectivity index (χ1) is 13.0. The van der Waals surface area contributed by atoms with Gasteiger partial charge in [-0.3, -0.25) is 14.9 Å². The number of nitro groups is 1. The normalized spacial score (nSPS) is 10.7. The van der Waals surface area contributed by atoms with Crippen molar-refractivity contribution in [3.05, 3.63) is 39.9 Å². The molecule has 1 rings (SSSR count). The van der Waals surface area contributed by atoms with Crippen LogP contribution in [0.2, 0.25) is 0 Å². The van der Waals surface area contributed by atoms with Crippen molar-refractivity contribution in [1.82, 2.24) is 0 Å². The second-order valence-corrected chi connectivity index (χ2v) is 7.32. The molecule has 0 fully saturated rings. The summed E-state index contributed by atoms with van der Waals surface area (Å²) in [6.07, 6.45) is 13.9. The van der Waals surface area contributed by atoms with Gasteiger partial charge in [0.05, 0.1) is 4.92 Å². The summed E-state index contributed by atoms with van der Waals surface area (Å²) in [6.45, 7) is 1.66. The highest BCUT2D eigenvalue weighted by Gasteiger charge is 2.11. The molecular weight excluding hydrogens is 342 g/mol. The van der Waals surface area contributed by atoms with Crippen LogP contribution in [-0.4, -0.2) is 16.5 Å². The minimum Gasteiger partial charge on any atom is -0.300 e. The number of unbranched alkanes of at least 4 members (excludes halogenated alkanes) is 10. The smallest absolute Gasteiger partial charge is 0.270 e. The Kier molecular flexibility index (Phi) is 12.0. The van der Waals surface area contributed by atoms with E-state index in [9.17, 15) is 19.7 Å². The van der Waals surface area contributed by atoms with E-state index in [1.54, 1.807) is 19.1 Å². The Bertz CT molecular complexity index is 598. The van der Waals surface area contributed by atoms with E-state index in [0.717, 1.165) is 38.5 Å². The van der Waals surface area contributed by atoms with Crippen LogP contribution in [0.5, 0.6) is 0 Å². The second-order valence-electron chi connectivity index (χ2n) is 7.32. The summed E-state index contributed by atoms with van der Waals surface area (Å²) in [7, 11) is 0. The van der Waals surface area contributed by atoms with E-state index in [1.165, 1.54) is 50.7 Å². The average Bonchev–Trinajstić information content (AvgIpc) is 2.65. The number of benzene rings is 1. The molecule has 0 bridgehead atoms. The zero-order chi connectivity index (χ0) is 19.9. The van der Waals surface area contributed by atoms with Crippen molar-refractivity contribution in [2.24, 2.45) is 0 Å². The largest absolute Gasteiger partial charge is 0.300 e. The lowest BCUT2D eigenvalue weighted by atomic mass is 10.0. The van der Waals surface area contributed by atoms with Gasteiger partial charge in [0.25, 0.3) is 5.69 Å². The number of carbonyl (C=O) groups excluding carboxylic acids is 2. The molecule has 0 atom stereocenters. The van der Waals surface area contributed by atoms with E-state index in [4.69, 9.17) is 0 Å². The van der Waals surface area contributed by atoms with Crippen molar-refractivity contribution in [2.75, 3.05) is 0 Å². The lowest BCUT2D eigenvalue weighted by Gasteiger charge is -2.03. The maximum absolute atomic E-state index is 12.1. The van der Waals surface area contributed by atoms with Crippen LogP contribution < -0.4 is 0 Å². The summed E-state index contributed by atoms with van der Waals surface area (Å²) in [5.41, 5.74) is 0.409. The van der Waals surface area contributed by atoms with Crippen molar-refractivity contribution in [3.63, 3.8) is 0 Å². The number of rotatable bonds is 16. The summed E-state index contributed by atoms with van der Waals surface area (Å²) in [5, 5.41) is 10.8. The van der Waals surface area contributed by atoms with E-state index >= 15 is 0 Å². The highest BCUT2D eigenvalue weighted by molar-refractivity contribution is 5.96. The predicted octanol–water partition coefficient (Wildman–Crippen LogP) is 6.44.